The molecule has 1 fully saturated rings. The number of piperazine rings is 1. The molecule has 9 nitrogen and oxygen atoms in total. The molecule has 0 spiro atoms. The Hall–Kier alpha value is -3.40. The molecule has 3 heterocycles. The third-order valence-electron chi connectivity index (χ3n) is 4.78. The van der Waals surface area contributed by atoms with Gasteiger partial charge in [-0.1, -0.05) is 0 Å². The summed E-state index contributed by atoms with van der Waals surface area (Å²) >= 11 is 1.38. The van der Waals surface area contributed by atoms with E-state index in [1.807, 2.05) is 17.0 Å². The van der Waals surface area contributed by atoms with Gasteiger partial charge in [-0.3, -0.25) is 4.79 Å². The van der Waals surface area contributed by atoms with E-state index in [2.05, 4.69) is 25.2 Å². The van der Waals surface area contributed by atoms with Gasteiger partial charge in [-0.2, -0.15) is 0 Å². The largest absolute Gasteiger partial charge is 0.497 e. The lowest BCUT2D eigenvalue weighted by molar-refractivity contribution is 0.0741. The molecule has 0 bridgehead atoms. The molecule has 4 rings (SSSR count). The van der Waals surface area contributed by atoms with E-state index < -0.39 is 0 Å². The summed E-state index contributed by atoms with van der Waals surface area (Å²) in [6.07, 6.45) is 3.45. The number of hydrogen-bond acceptors (Lipinski definition) is 9. The van der Waals surface area contributed by atoms with E-state index in [4.69, 9.17) is 9.47 Å². The van der Waals surface area contributed by atoms with Gasteiger partial charge in [0.25, 0.3) is 5.91 Å². The molecule has 0 unspecified atom stereocenters. The fraction of sp³-hybridized carbons (Fsp3) is 0.300. The molecule has 0 aliphatic carbocycles. The summed E-state index contributed by atoms with van der Waals surface area (Å²) in [5.41, 5.74) is 1.18. The van der Waals surface area contributed by atoms with Gasteiger partial charge in [-0.25, -0.2) is 15.0 Å². The number of amides is 1. The minimum Gasteiger partial charge on any atom is -0.497 e. The van der Waals surface area contributed by atoms with Crippen LogP contribution in [0.2, 0.25) is 0 Å². The molecule has 10 heteroatoms. The van der Waals surface area contributed by atoms with E-state index in [0.717, 1.165) is 5.69 Å². The first kappa shape index (κ1) is 19.9. The van der Waals surface area contributed by atoms with Gasteiger partial charge < -0.3 is 24.6 Å². The van der Waals surface area contributed by atoms with Crippen LogP contribution in [0.1, 0.15) is 10.5 Å². The maximum Gasteiger partial charge on any atom is 0.273 e. The average molecular weight is 427 g/mol. The third-order valence-corrected chi connectivity index (χ3v) is 5.53. The molecule has 1 saturated heterocycles. The molecule has 1 aliphatic heterocycles. The van der Waals surface area contributed by atoms with Crippen molar-refractivity contribution in [2.75, 3.05) is 50.6 Å². The summed E-state index contributed by atoms with van der Waals surface area (Å²) in [6.45, 7) is 2.58. The predicted octanol–water partition coefficient (Wildman–Crippen LogP) is 2.66. The Kier molecular flexibility index (Phi) is 5.94. The van der Waals surface area contributed by atoms with Crippen molar-refractivity contribution in [1.29, 1.82) is 0 Å². The third kappa shape index (κ3) is 4.28. The topological polar surface area (TPSA) is 92.7 Å². The molecule has 2 aromatic heterocycles. The average Bonchev–Trinajstić information content (AvgIpc) is 3.28. The number of methoxy groups -OCH3 is 2. The van der Waals surface area contributed by atoms with Gasteiger partial charge >= 0.3 is 0 Å². The molecule has 0 saturated carbocycles. The minimum atomic E-state index is -0.0744. The molecule has 30 heavy (non-hydrogen) atoms. The van der Waals surface area contributed by atoms with Crippen molar-refractivity contribution in [3.8, 4) is 11.5 Å². The first-order valence-corrected chi connectivity index (χ1v) is 10.3. The Balaban J connectivity index is 1.39. The monoisotopic (exact) mass is 426 g/mol. The van der Waals surface area contributed by atoms with Gasteiger partial charge in [0.05, 0.1) is 19.9 Å². The number of thiazole rings is 1. The van der Waals surface area contributed by atoms with Crippen molar-refractivity contribution < 1.29 is 14.3 Å². The Morgan fingerprint density at radius 1 is 1.10 bits per heavy atom. The van der Waals surface area contributed by atoms with Gasteiger partial charge in [0, 0.05) is 50.0 Å². The highest BCUT2D eigenvalue weighted by atomic mass is 32.1. The van der Waals surface area contributed by atoms with E-state index >= 15 is 0 Å². The van der Waals surface area contributed by atoms with Crippen molar-refractivity contribution in [2.24, 2.45) is 0 Å². The molecule has 1 aliphatic rings. The number of aromatic nitrogens is 3. The van der Waals surface area contributed by atoms with Gasteiger partial charge in [0.1, 0.15) is 17.2 Å². The number of ether oxygens (including phenoxy) is 2. The number of hydrogen-bond donors (Lipinski definition) is 1. The number of carbonyl (C=O) groups excluding carboxylic acids is 1. The van der Waals surface area contributed by atoms with E-state index in [-0.39, 0.29) is 5.91 Å². The molecule has 1 N–H and O–H groups in total. The highest BCUT2D eigenvalue weighted by molar-refractivity contribution is 7.14. The van der Waals surface area contributed by atoms with Crippen LogP contribution in [0.25, 0.3) is 0 Å². The zero-order chi connectivity index (χ0) is 20.9. The lowest BCUT2D eigenvalue weighted by Gasteiger charge is -2.34. The SMILES string of the molecule is COc1ccc(Nc2nc(C(=O)N3CCN(c4ncccn4)CC3)cs2)c(OC)c1. The van der Waals surface area contributed by atoms with Crippen molar-refractivity contribution >= 4 is 34.0 Å². The summed E-state index contributed by atoms with van der Waals surface area (Å²) in [5.74, 6) is 1.96. The lowest BCUT2D eigenvalue weighted by Crippen LogP contribution is -2.49. The van der Waals surface area contributed by atoms with Crippen LogP contribution in [0.3, 0.4) is 0 Å². The number of nitrogens with zero attached hydrogens (tertiary/aromatic N) is 5. The predicted molar refractivity (Wildman–Crippen MR) is 115 cm³/mol. The second-order valence-electron chi connectivity index (χ2n) is 6.56. The van der Waals surface area contributed by atoms with Gasteiger partial charge in [0.15, 0.2) is 5.13 Å². The van der Waals surface area contributed by atoms with Crippen molar-refractivity contribution in [3.05, 3.63) is 47.7 Å². The van der Waals surface area contributed by atoms with Gasteiger partial charge in [0.2, 0.25) is 5.95 Å². The maximum atomic E-state index is 12.9. The fourth-order valence-electron chi connectivity index (χ4n) is 3.17. The van der Waals surface area contributed by atoms with Crippen LogP contribution in [0.5, 0.6) is 11.5 Å². The quantitative estimate of drug-likeness (QED) is 0.643. The van der Waals surface area contributed by atoms with E-state index in [0.29, 0.717) is 54.5 Å². The number of benzene rings is 1. The molecule has 1 amide bonds. The van der Waals surface area contributed by atoms with Crippen LogP contribution in [-0.2, 0) is 0 Å². The summed E-state index contributed by atoms with van der Waals surface area (Å²) in [4.78, 5) is 29.8. The standard InChI is InChI=1S/C20H22N6O3S/c1-28-14-4-5-15(17(12-14)29-2)23-20-24-16(13-30-20)18(27)25-8-10-26(11-9-25)19-21-6-3-7-22-19/h3-7,12-13H,8-11H2,1-2H3,(H,23,24). The van der Waals surface area contributed by atoms with Gasteiger partial charge in [-0.05, 0) is 18.2 Å². The van der Waals surface area contributed by atoms with Crippen LogP contribution in [-0.4, -0.2) is 66.2 Å². The van der Waals surface area contributed by atoms with Crippen LogP contribution in [0.15, 0.2) is 42.0 Å². The zero-order valence-corrected chi connectivity index (χ0v) is 17.6. The first-order valence-electron chi connectivity index (χ1n) is 9.44. The number of nitrogens with one attached hydrogen (secondary N) is 1. The molecule has 156 valence electrons. The molecule has 3 aromatic rings. The van der Waals surface area contributed by atoms with Crippen LogP contribution < -0.4 is 19.7 Å². The maximum absolute atomic E-state index is 12.9. The van der Waals surface area contributed by atoms with Crippen molar-refractivity contribution in [3.63, 3.8) is 0 Å². The summed E-state index contributed by atoms with van der Waals surface area (Å²) in [7, 11) is 3.20. The summed E-state index contributed by atoms with van der Waals surface area (Å²) in [5, 5.41) is 5.61. The van der Waals surface area contributed by atoms with Crippen LogP contribution in [0.4, 0.5) is 16.8 Å². The van der Waals surface area contributed by atoms with Crippen molar-refractivity contribution in [2.45, 2.75) is 0 Å². The molecule has 0 radical (unpaired) electrons. The minimum absolute atomic E-state index is 0.0744. The van der Waals surface area contributed by atoms with Crippen LogP contribution >= 0.6 is 11.3 Å². The molecular formula is C20H22N6O3S. The zero-order valence-electron chi connectivity index (χ0n) is 16.7. The Morgan fingerprint density at radius 2 is 1.87 bits per heavy atom. The smallest absolute Gasteiger partial charge is 0.273 e. The Morgan fingerprint density at radius 3 is 2.57 bits per heavy atom. The highest BCUT2D eigenvalue weighted by Crippen LogP contribution is 2.32. The van der Waals surface area contributed by atoms with E-state index in [1.165, 1.54) is 11.3 Å². The number of rotatable bonds is 6. The number of anilines is 3. The van der Waals surface area contributed by atoms with E-state index in [1.54, 1.807) is 44.1 Å². The summed E-state index contributed by atoms with van der Waals surface area (Å²) in [6, 6.07) is 7.27. The van der Waals surface area contributed by atoms with Crippen LogP contribution in [0, 0.1) is 0 Å². The molecule has 1 aromatic carbocycles. The Labute approximate surface area is 178 Å². The Bertz CT molecular complexity index is 1000. The van der Waals surface area contributed by atoms with Crippen molar-refractivity contribution in [1.82, 2.24) is 19.9 Å². The van der Waals surface area contributed by atoms with E-state index in [9.17, 15) is 4.79 Å². The summed E-state index contributed by atoms with van der Waals surface area (Å²) < 4.78 is 10.6. The fourth-order valence-corrected chi connectivity index (χ4v) is 3.87. The molecule has 0 atom stereocenters. The highest BCUT2D eigenvalue weighted by Gasteiger charge is 2.25. The second kappa shape index (κ2) is 8.95. The van der Waals surface area contributed by atoms with Gasteiger partial charge in [-0.15, -0.1) is 11.3 Å². The number of carbonyl (C=O) groups is 1. The normalized spacial score (nSPS) is 13.8. The molecular weight excluding hydrogens is 404 g/mol. The second-order valence-corrected chi connectivity index (χ2v) is 7.42. The lowest BCUT2D eigenvalue weighted by atomic mass is 10.2. The first-order chi connectivity index (χ1) is 14.7.